The fourth-order valence-electron chi connectivity index (χ4n) is 2.99. The second-order valence-electron chi connectivity index (χ2n) is 6.91. The summed E-state index contributed by atoms with van der Waals surface area (Å²) < 4.78 is 11.7. The molecular formula is C17H30O2. The molecule has 2 aliphatic rings. The van der Waals surface area contributed by atoms with Gasteiger partial charge in [-0.2, -0.15) is 0 Å². The number of allylic oxidation sites excluding steroid dienone is 2. The molecule has 0 radical (unpaired) electrons. The molecule has 2 nitrogen and oxygen atoms in total. The third-order valence-electron chi connectivity index (χ3n) is 4.47. The Morgan fingerprint density at radius 2 is 2.16 bits per heavy atom. The summed E-state index contributed by atoms with van der Waals surface area (Å²) >= 11 is 0. The Hall–Kier alpha value is -0.340. The van der Waals surface area contributed by atoms with Crippen molar-refractivity contribution in [1.29, 1.82) is 0 Å². The lowest BCUT2D eigenvalue weighted by Crippen LogP contribution is -2.32. The van der Waals surface area contributed by atoms with Gasteiger partial charge in [0.25, 0.3) is 0 Å². The Kier molecular flexibility index (Phi) is 5.47. The smallest absolute Gasteiger partial charge is 0.158 e. The van der Waals surface area contributed by atoms with Gasteiger partial charge in [0, 0.05) is 6.42 Å². The van der Waals surface area contributed by atoms with Crippen LogP contribution in [0.4, 0.5) is 0 Å². The zero-order chi connectivity index (χ0) is 13.7. The fourth-order valence-corrected chi connectivity index (χ4v) is 2.99. The minimum Gasteiger partial charge on any atom is -0.353 e. The van der Waals surface area contributed by atoms with Crippen LogP contribution in [-0.2, 0) is 9.47 Å². The zero-order valence-corrected chi connectivity index (χ0v) is 12.9. The van der Waals surface area contributed by atoms with E-state index in [0.717, 1.165) is 25.9 Å². The van der Waals surface area contributed by atoms with Crippen molar-refractivity contribution in [2.45, 2.75) is 84.5 Å². The van der Waals surface area contributed by atoms with Gasteiger partial charge in [0.05, 0.1) is 12.7 Å². The lowest BCUT2D eigenvalue weighted by molar-refractivity contribution is -0.215. The highest BCUT2D eigenvalue weighted by Gasteiger charge is 2.24. The SMILES string of the molecule is CCCC1CCOC(CCC2=CCC(C)(C)CC2)O1. The van der Waals surface area contributed by atoms with Crippen LogP contribution in [0.15, 0.2) is 11.6 Å². The molecule has 0 aromatic carbocycles. The topological polar surface area (TPSA) is 18.5 Å². The maximum Gasteiger partial charge on any atom is 0.158 e. The Balaban J connectivity index is 1.72. The molecule has 2 heteroatoms. The third-order valence-corrected chi connectivity index (χ3v) is 4.47. The molecule has 1 heterocycles. The van der Waals surface area contributed by atoms with Gasteiger partial charge in [-0.05, 0) is 43.9 Å². The molecule has 0 aromatic rings. The summed E-state index contributed by atoms with van der Waals surface area (Å²) in [6.07, 6.45) is 12.4. The van der Waals surface area contributed by atoms with Gasteiger partial charge in [0.15, 0.2) is 6.29 Å². The van der Waals surface area contributed by atoms with E-state index >= 15 is 0 Å². The van der Waals surface area contributed by atoms with E-state index in [4.69, 9.17) is 9.47 Å². The molecule has 19 heavy (non-hydrogen) atoms. The quantitative estimate of drug-likeness (QED) is 0.663. The van der Waals surface area contributed by atoms with E-state index in [-0.39, 0.29) is 6.29 Å². The lowest BCUT2D eigenvalue weighted by atomic mass is 9.77. The molecule has 0 spiro atoms. The Labute approximate surface area is 118 Å². The average molecular weight is 266 g/mol. The van der Waals surface area contributed by atoms with E-state index in [9.17, 15) is 0 Å². The van der Waals surface area contributed by atoms with Gasteiger partial charge in [0.2, 0.25) is 0 Å². The van der Waals surface area contributed by atoms with Crippen molar-refractivity contribution in [3.63, 3.8) is 0 Å². The van der Waals surface area contributed by atoms with Crippen LogP contribution in [0, 0.1) is 5.41 Å². The molecule has 1 saturated heterocycles. The molecule has 110 valence electrons. The number of ether oxygens (including phenoxy) is 2. The molecule has 0 amide bonds. The van der Waals surface area contributed by atoms with Crippen molar-refractivity contribution < 1.29 is 9.47 Å². The zero-order valence-electron chi connectivity index (χ0n) is 12.9. The molecule has 1 fully saturated rings. The maximum absolute atomic E-state index is 6.01. The molecular weight excluding hydrogens is 236 g/mol. The summed E-state index contributed by atoms with van der Waals surface area (Å²) in [7, 11) is 0. The summed E-state index contributed by atoms with van der Waals surface area (Å²) in [6, 6.07) is 0. The predicted octanol–water partition coefficient (Wildman–Crippen LogP) is 4.83. The lowest BCUT2D eigenvalue weighted by Gasteiger charge is -2.32. The molecule has 1 aliphatic carbocycles. The fraction of sp³-hybridized carbons (Fsp3) is 0.882. The van der Waals surface area contributed by atoms with Crippen LogP contribution in [0.25, 0.3) is 0 Å². The van der Waals surface area contributed by atoms with Crippen LogP contribution in [-0.4, -0.2) is 19.0 Å². The number of rotatable bonds is 5. The highest BCUT2D eigenvalue weighted by atomic mass is 16.7. The standard InChI is InChI=1S/C17H30O2/c1-4-5-15-10-13-18-16(19-15)7-6-14-8-11-17(2,3)12-9-14/h8,15-16H,4-7,9-13H2,1-3H3. The summed E-state index contributed by atoms with van der Waals surface area (Å²) in [5.74, 6) is 0. The second kappa shape index (κ2) is 6.90. The first-order valence-corrected chi connectivity index (χ1v) is 8.04. The Morgan fingerprint density at radius 1 is 1.32 bits per heavy atom. The van der Waals surface area contributed by atoms with E-state index in [1.807, 2.05) is 0 Å². The minimum atomic E-state index is 0.0427. The Bertz CT molecular complexity index is 304. The van der Waals surface area contributed by atoms with Gasteiger partial charge in [-0.25, -0.2) is 0 Å². The molecule has 1 aliphatic heterocycles. The average Bonchev–Trinajstić information content (AvgIpc) is 2.38. The van der Waals surface area contributed by atoms with Gasteiger partial charge in [-0.15, -0.1) is 0 Å². The summed E-state index contributed by atoms with van der Waals surface area (Å²) in [5.41, 5.74) is 2.12. The predicted molar refractivity (Wildman–Crippen MR) is 79.1 cm³/mol. The van der Waals surface area contributed by atoms with Gasteiger partial charge in [-0.3, -0.25) is 0 Å². The number of hydrogen-bond acceptors (Lipinski definition) is 2. The largest absolute Gasteiger partial charge is 0.353 e. The molecule has 2 atom stereocenters. The van der Waals surface area contributed by atoms with E-state index in [1.165, 1.54) is 32.1 Å². The Morgan fingerprint density at radius 3 is 2.84 bits per heavy atom. The normalized spacial score (nSPS) is 31.0. The number of hydrogen-bond donors (Lipinski definition) is 0. The van der Waals surface area contributed by atoms with Crippen LogP contribution in [0.3, 0.4) is 0 Å². The monoisotopic (exact) mass is 266 g/mol. The highest BCUT2D eigenvalue weighted by Crippen LogP contribution is 2.36. The molecule has 0 bridgehead atoms. The van der Waals surface area contributed by atoms with Crippen molar-refractivity contribution in [3.8, 4) is 0 Å². The molecule has 0 N–H and O–H groups in total. The third kappa shape index (κ3) is 4.92. The first kappa shape index (κ1) is 15.1. The summed E-state index contributed by atoms with van der Waals surface area (Å²) in [4.78, 5) is 0. The first-order valence-electron chi connectivity index (χ1n) is 8.04. The van der Waals surface area contributed by atoms with Gasteiger partial charge >= 0.3 is 0 Å². The minimum absolute atomic E-state index is 0.0427. The van der Waals surface area contributed by atoms with Gasteiger partial charge in [-0.1, -0.05) is 38.8 Å². The summed E-state index contributed by atoms with van der Waals surface area (Å²) in [6.45, 7) is 7.83. The van der Waals surface area contributed by atoms with Crippen molar-refractivity contribution in [3.05, 3.63) is 11.6 Å². The van der Waals surface area contributed by atoms with Crippen molar-refractivity contribution in [2.24, 2.45) is 5.41 Å². The van der Waals surface area contributed by atoms with Crippen molar-refractivity contribution >= 4 is 0 Å². The van der Waals surface area contributed by atoms with Crippen LogP contribution < -0.4 is 0 Å². The van der Waals surface area contributed by atoms with Crippen molar-refractivity contribution in [2.75, 3.05) is 6.61 Å². The van der Waals surface area contributed by atoms with E-state index in [0.29, 0.717) is 11.5 Å². The van der Waals surface area contributed by atoms with Crippen LogP contribution in [0.1, 0.15) is 72.1 Å². The molecule has 0 aromatic heterocycles. The van der Waals surface area contributed by atoms with Crippen molar-refractivity contribution in [1.82, 2.24) is 0 Å². The van der Waals surface area contributed by atoms with Gasteiger partial charge < -0.3 is 9.47 Å². The first-order chi connectivity index (χ1) is 9.09. The van der Waals surface area contributed by atoms with Gasteiger partial charge in [0.1, 0.15) is 0 Å². The van der Waals surface area contributed by atoms with E-state index < -0.39 is 0 Å². The van der Waals surface area contributed by atoms with E-state index in [1.54, 1.807) is 5.57 Å². The van der Waals surface area contributed by atoms with Crippen LogP contribution >= 0.6 is 0 Å². The molecule has 2 unspecified atom stereocenters. The van der Waals surface area contributed by atoms with Crippen LogP contribution in [0.5, 0.6) is 0 Å². The van der Waals surface area contributed by atoms with Crippen LogP contribution in [0.2, 0.25) is 0 Å². The molecule has 0 saturated carbocycles. The highest BCUT2D eigenvalue weighted by molar-refractivity contribution is 5.08. The summed E-state index contributed by atoms with van der Waals surface area (Å²) in [5, 5.41) is 0. The van der Waals surface area contributed by atoms with E-state index in [2.05, 4.69) is 26.8 Å². The molecule has 2 rings (SSSR count). The maximum atomic E-state index is 6.01. The second-order valence-corrected chi connectivity index (χ2v) is 6.91.